The number of ether oxygens (including phenoxy) is 1. The molecular formula is C13H22N4O. The molecule has 5 heteroatoms. The van der Waals surface area contributed by atoms with Crippen LogP contribution in [0.25, 0.3) is 0 Å². The minimum absolute atomic E-state index is 0.650. The maximum atomic E-state index is 5.10. The van der Waals surface area contributed by atoms with Gasteiger partial charge in [0.1, 0.15) is 0 Å². The first kappa shape index (κ1) is 14.3. The third-order valence-electron chi connectivity index (χ3n) is 2.41. The second-order valence-corrected chi connectivity index (χ2v) is 4.39. The van der Waals surface area contributed by atoms with Crippen molar-refractivity contribution in [1.82, 2.24) is 14.8 Å². The molecule has 0 fully saturated rings. The van der Waals surface area contributed by atoms with Crippen molar-refractivity contribution in [3.8, 4) is 5.88 Å². The first-order chi connectivity index (χ1) is 8.54. The highest BCUT2D eigenvalue weighted by atomic mass is 16.5. The highest BCUT2D eigenvalue weighted by Gasteiger charge is 2.03. The van der Waals surface area contributed by atoms with Crippen LogP contribution in [0.5, 0.6) is 5.88 Å². The monoisotopic (exact) mass is 250 g/mol. The van der Waals surface area contributed by atoms with Crippen LogP contribution in [0.3, 0.4) is 0 Å². The molecule has 0 saturated heterocycles. The summed E-state index contributed by atoms with van der Waals surface area (Å²) in [4.78, 5) is 12.9. The summed E-state index contributed by atoms with van der Waals surface area (Å²) in [6, 6.07) is 5.78. The quantitative estimate of drug-likeness (QED) is 0.593. The van der Waals surface area contributed by atoms with Gasteiger partial charge in [-0.1, -0.05) is 6.07 Å². The van der Waals surface area contributed by atoms with Gasteiger partial charge in [-0.2, -0.15) is 0 Å². The molecule has 0 unspecified atom stereocenters. The van der Waals surface area contributed by atoms with Crippen molar-refractivity contribution in [1.29, 1.82) is 0 Å². The van der Waals surface area contributed by atoms with E-state index in [1.54, 1.807) is 7.11 Å². The summed E-state index contributed by atoms with van der Waals surface area (Å²) in [7, 11) is 9.58. The Hall–Kier alpha value is -1.78. The van der Waals surface area contributed by atoms with Crippen LogP contribution in [0, 0.1) is 0 Å². The van der Waals surface area contributed by atoms with Gasteiger partial charge in [-0.15, -0.1) is 0 Å². The van der Waals surface area contributed by atoms with E-state index < -0.39 is 0 Å². The summed E-state index contributed by atoms with van der Waals surface area (Å²) in [5, 5.41) is 0. The van der Waals surface area contributed by atoms with E-state index in [0.717, 1.165) is 18.1 Å². The number of hydrogen-bond acceptors (Lipinski definition) is 3. The van der Waals surface area contributed by atoms with Crippen LogP contribution in [-0.4, -0.2) is 62.6 Å². The van der Waals surface area contributed by atoms with E-state index in [2.05, 4.69) is 9.98 Å². The van der Waals surface area contributed by atoms with Crippen LogP contribution >= 0.6 is 0 Å². The SMILES string of the molecule is COc1cccc(CCN=C(N(C)C)N(C)C)n1. The van der Waals surface area contributed by atoms with Crippen LogP contribution in [0.4, 0.5) is 0 Å². The van der Waals surface area contributed by atoms with E-state index in [9.17, 15) is 0 Å². The molecular weight excluding hydrogens is 228 g/mol. The molecule has 0 aliphatic carbocycles. The third-order valence-corrected chi connectivity index (χ3v) is 2.41. The minimum atomic E-state index is 0.650. The zero-order chi connectivity index (χ0) is 13.5. The van der Waals surface area contributed by atoms with E-state index >= 15 is 0 Å². The molecule has 0 spiro atoms. The first-order valence-corrected chi connectivity index (χ1v) is 5.93. The average Bonchev–Trinajstić information content (AvgIpc) is 2.34. The highest BCUT2D eigenvalue weighted by Crippen LogP contribution is 2.07. The topological polar surface area (TPSA) is 41.0 Å². The van der Waals surface area contributed by atoms with Crippen molar-refractivity contribution in [2.24, 2.45) is 4.99 Å². The summed E-state index contributed by atoms with van der Waals surface area (Å²) in [6.45, 7) is 0.714. The van der Waals surface area contributed by atoms with Gasteiger partial charge in [-0.05, 0) is 6.07 Å². The molecule has 18 heavy (non-hydrogen) atoms. The molecule has 0 atom stereocenters. The zero-order valence-corrected chi connectivity index (χ0v) is 11.8. The van der Waals surface area contributed by atoms with E-state index in [0.29, 0.717) is 12.4 Å². The normalized spacial score (nSPS) is 9.83. The number of pyridine rings is 1. The van der Waals surface area contributed by atoms with Crippen LogP contribution in [0.15, 0.2) is 23.2 Å². The molecule has 0 saturated carbocycles. The van der Waals surface area contributed by atoms with Crippen molar-refractivity contribution in [3.63, 3.8) is 0 Å². The lowest BCUT2D eigenvalue weighted by Gasteiger charge is -2.22. The Morgan fingerprint density at radius 2 is 1.89 bits per heavy atom. The summed E-state index contributed by atoms with van der Waals surface area (Å²) < 4.78 is 5.10. The van der Waals surface area contributed by atoms with Crippen molar-refractivity contribution < 1.29 is 4.74 Å². The van der Waals surface area contributed by atoms with Crippen molar-refractivity contribution >= 4 is 5.96 Å². The van der Waals surface area contributed by atoms with E-state index in [-0.39, 0.29) is 0 Å². The fourth-order valence-corrected chi connectivity index (χ4v) is 1.66. The Balaban J connectivity index is 2.61. The molecule has 0 N–H and O–H groups in total. The maximum absolute atomic E-state index is 5.10. The number of aromatic nitrogens is 1. The summed E-state index contributed by atoms with van der Waals surface area (Å²) in [6.07, 6.45) is 0.808. The zero-order valence-electron chi connectivity index (χ0n) is 11.8. The Morgan fingerprint density at radius 1 is 1.22 bits per heavy atom. The van der Waals surface area contributed by atoms with E-state index in [4.69, 9.17) is 4.74 Å². The standard InChI is InChI=1S/C13H22N4O/c1-16(2)13(17(3)4)14-10-9-11-7-6-8-12(15-11)18-5/h6-8H,9-10H2,1-5H3. The summed E-state index contributed by atoms with van der Waals surface area (Å²) in [5.74, 6) is 1.61. The molecule has 0 aromatic carbocycles. The van der Waals surface area contributed by atoms with Crippen molar-refractivity contribution in [2.75, 3.05) is 41.8 Å². The lowest BCUT2D eigenvalue weighted by atomic mass is 10.3. The molecule has 1 heterocycles. The van der Waals surface area contributed by atoms with Gasteiger partial charge in [0, 0.05) is 52.9 Å². The van der Waals surface area contributed by atoms with Gasteiger partial charge in [0.2, 0.25) is 5.88 Å². The van der Waals surface area contributed by atoms with Crippen LogP contribution in [0.1, 0.15) is 5.69 Å². The predicted molar refractivity (Wildman–Crippen MR) is 74.2 cm³/mol. The first-order valence-electron chi connectivity index (χ1n) is 5.93. The van der Waals surface area contributed by atoms with Gasteiger partial charge in [-0.3, -0.25) is 4.99 Å². The molecule has 1 aromatic heterocycles. The Morgan fingerprint density at radius 3 is 2.44 bits per heavy atom. The van der Waals surface area contributed by atoms with Crippen LogP contribution in [-0.2, 0) is 6.42 Å². The van der Waals surface area contributed by atoms with Crippen molar-refractivity contribution in [2.45, 2.75) is 6.42 Å². The van der Waals surface area contributed by atoms with Crippen molar-refractivity contribution in [3.05, 3.63) is 23.9 Å². The fourth-order valence-electron chi connectivity index (χ4n) is 1.66. The molecule has 5 nitrogen and oxygen atoms in total. The molecule has 0 bridgehead atoms. The van der Waals surface area contributed by atoms with Gasteiger partial charge >= 0.3 is 0 Å². The largest absolute Gasteiger partial charge is 0.481 e. The van der Waals surface area contributed by atoms with E-state index in [1.165, 1.54) is 0 Å². The molecule has 0 amide bonds. The van der Waals surface area contributed by atoms with Gasteiger partial charge in [0.25, 0.3) is 0 Å². The Labute approximate surface area is 109 Å². The molecule has 1 aromatic rings. The van der Waals surface area contributed by atoms with E-state index in [1.807, 2.05) is 56.2 Å². The Kier molecular flexibility index (Phi) is 5.42. The number of rotatable bonds is 4. The third kappa shape index (κ3) is 4.24. The van der Waals surface area contributed by atoms with Crippen LogP contribution in [0.2, 0.25) is 0 Å². The lowest BCUT2D eigenvalue weighted by Crippen LogP contribution is -2.35. The summed E-state index contributed by atoms with van der Waals surface area (Å²) >= 11 is 0. The van der Waals surface area contributed by atoms with Gasteiger partial charge in [0.05, 0.1) is 7.11 Å². The molecule has 0 aliphatic heterocycles. The molecule has 0 aliphatic rings. The van der Waals surface area contributed by atoms with Gasteiger partial charge in [-0.25, -0.2) is 4.98 Å². The average molecular weight is 250 g/mol. The number of methoxy groups -OCH3 is 1. The second kappa shape index (κ2) is 6.83. The number of guanidine groups is 1. The van der Waals surface area contributed by atoms with Gasteiger partial charge < -0.3 is 14.5 Å². The number of nitrogens with zero attached hydrogens (tertiary/aromatic N) is 4. The van der Waals surface area contributed by atoms with Gasteiger partial charge in [0.15, 0.2) is 5.96 Å². The second-order valence-electron chi connectivity index (χ2n) is 4.39. The minimum Gasteiger partial charge on any atom is -0.481 e. The lowest BCUT2D eigenvalue weighted by molar-refractivity contribution is 0.396. The fraction of sp³-hybridized carbons (Fsp3) is 0.538. The number of aliphatic imine (C=N–C) groups is 1. The smallest absolute Gasteiger partial charge is 0.213 e. The number of hydrogen-bond donors (Lipinski definition) is 0. The maximum Gasteiger partial charge on any atom is 0.213 e. The van der Waals surface area contributed by atoms with Crippen LogP contribution < -0.4 is 4.74 Å². The summed E-state index contributed by atoms with van der Waals surface area (Å²) in [5.41, 5.74) is 0.995. The Bertz CT molecular complexity index is 392. The predicted octanol–water partition coefficient (Wildman–Crippen LogP) is 1.11. The molecule has 100 valence electrons. The molecule has 1 rings (SSSR count). The molecule has 0 radical (unpaired) electrons. The highest BCUT2D eigenvalue weighted by molar-refractivity contribution is 5.79.